The first kappa shape index (κ1) is 14.8. The van der Waals surface area contributed by atoms with E-state index in [9.17, 15) is 0 Å². The molecule has 0 aromatic heterocycles. The molecule has 0 atom stereocenters. The van der Waals surface area contributed by atoms with E-state index in [0.29, 0.717) is 6.04 Å². The van der Waals surface area contributed by atoms with Crippen LogP contribution in [-0.2, 0) is 6.54 Å². The average Bonchev–Trinajstić information content (AvgIpc) is 2.46. The summed E-state index contributed by atoms with van der Waals surface area (Å²) in [7, 11) is 0. The van der Waals surface area contributed by atoms with Gasteiger partial charge in [0.1, 0.15) is 0 Å². The largest absolute Gasteiger partial charge is 0.310 e. The Balaban J connectivity index is 1.73. The SMILES string of the molecule is C=C(C)CN1CCC(NCc2ccc(C#N)cc2)CC1. The number of rotatable bonds is 5. The maximum Gasteiger partial charge on any atom is 0.0991 e. The quantitative estimate of drug-likeness (QED) is 0.835. The molecule has 1 heterocycles. The molecule has 1 fully saturated rings. The van der Waals surface area contributed by atoms with Gasteiger partial charge in [-0.05, 0) is 50.6 Å². The van der Waals surface area contributed by atoms with Crippen molar-refractivity contribution in [3.8, 4) is 6.07 Å². The van der Waals surface area contributed by atoms with Crippen molar-refractivity contribution in [2.45, 2.75) is 32.4 Å². The summed E-state index contributed by atoms with van der Waals surface area (Å²) in [5, 5.41) is 12.4. The monoisotopic (exact) mass is 269 g/mol. The molecule has 3 heteroatoms. The van der Waals surface area contributed by atoms with E-state index in [2.05, 4.69) is 29.8 Å². The van der Waals surface area contributed by atoms with Crippen molar-refractivity contribution >= 4 is 0 Å². The molecular weight excluding hydrogens is 246 g/mol. The fourth-order valence-corrected chi connectivity index (χ4v) is 2.64. The summed E-state index contributed by atoms with van der Waals surface area (Å²) in [6, 6.07) is 10.6. The number of hydrogen-bond acceptors (Lipinski definition) is 3. The number of piperidine rings is 1. The predicted molar refractivity (Wildman–Crippen MR) is 82.3 cm³/mol. The van der Waals surface area contributed by atoms with Crippen molar-refractivity contribution < 1.29 is 0 Å². The van der Waals surface area contributed by atoms with Gasteiger partial charge < -0.3 is 5.32 Å². The molecule has 1 N–H and O–H groups in total. The third-order valence-corrected chi connectivity index (χ3v) is 3.76. The maximum absolute atomic E-state index is 8.77. The van der Waals surface area contributed by atoms with E-state index < -0.39 is 0 Å². The molecule has 0 unspecified atom stereocenters. The van der Waals surface area contributed by atoms with Crippen molar-refractivity contribution in [3.63, 3.8) is 0 Å². The number of likely N-dealkylation sites (tertiary alicyclic amines) is 1. The molecule has 0 radical (unpaired) electrons. The molecule has 0 bridgehead atoms. The van der Waals surface area contributed by atoms with E-state index in [1.54, 1.807) is 0 Å². The zero-order chi connectivity index (χ0) is 14.4. The van der Waals surface area contributed by atoms with Crippen molar-refractivity contribution in [2.24, 2.45) is 0 Å². The first-order valence-corrected chi connectivity index (χ1v) is 7.26. The highest BCUT2D eigenvalue weighted by atomic mass is 15.1. The minimum Gasteiger partial charge on any atom is -0.310 e. The van der Waals surface area contributed by atoms with Crippen molar-refractivity contribution in [1.29, 1.82) is 5.26 Å². The first-order chi connectivity index (χ1) is 9.67. The van der Waals surface area contributed by atoms with Crippen molar-refractivity contribution in [3.05, 3.63) is 47.5 Å². The highest BCUT2D eigenvalue weighted by molar-refractivity contribution is 5.31. The van der Waals surface area contributed by atoms with Crippen molar-refractivity contribution in [1.82, 2.24) is 10.2 Å². The molecule has 0 spiro atoms. The molecule has 0 amide bonds. The molecule has 1 aromatic rings. The van der Waals surface area contributed by atoms with Crippen LogP contribution in [-0.4, -0.2) is 30.6 Å². The molecule has 0 saturated carbocycles. The Hall–Kier alpha value is -1.63. The topological polar surface area (TPSA) is 39.1 Å². The third-order valence-electron chi connectivity index (χ3n) is 3.76. The Labute approximate surface area is 121 Å². The van der Waals surface area contributed by atoms with Crippen LogP contribution in [0.4, 0.5) is 0 Å². The fourth-order valence-electron chi connectivity index (χ4n) is 2.64. The van der Waals surface area contributed by atoms with Crippen LogP contribution < -0.4 is 5.32 Å². The Bertz CT molecular complexity index is 476. The molecule has 1 aliphatic rings. The first-order valence-electron chi connectivity index (χ1n) is 7.26. The second-order valence-corrected chi connectivity index (χ2v) is 5.70. The summed E-state index contributed by atoms with van der Waals surface area (Å²) >= 11 is 0. The fraction of sp³-hybridized carbons (Fsp3) is 0.471. The highest BCUT2D eigenvalue weighted by Crippen LogP contribution is 2.12. The predicted octanol–water partition coefficient (Wildman–Crippen LogP) is 2.69. The molecule has 20 heavy (non-hydrogen) atoms. The van der Waals surface area contributed by atoms with Crippen LogP contribution in [0.25, 0.3) is 0 Å². The number of hydrogen-bond donors (Lipinski definition) is 1. The summed E-state index contributed by atoms with van der Waals surface area (Å²) in [5.74, 6) is 0. The summed E-state index contributed by atoms with van der Waals surface area (Å²) in [4.78, 5) is 2.47. The molecule has 3 nitrogen and oxygen atoms in total. The molecule has 0 aliphatic carbocycles. The Morgan fingerprint density at radius 3 is 2.55 bits per heavy atom. The summed E-state index contributed by atoms with van der Waals surface area (Å²) in [6.45, 7) is 10.3. The normalized spacial score (nSPS) is 16.8. The zero-order valence-electron chi connectivity index (χ0n) is 12.2. The number of nitrogens with one attached hydrogen (secondary N) is 1. The van der Waals surface area contributed by atoms with Gasteiger partial charge in [0.2, 0.25) is 0 Å². The lowest BCUT2D eigenvalue weighted by Gasteiger charge is -2.32. The standard InChI is InChI=1S/C17H23N3/c1-14(2)13-20-9-7-17(8-10-20)19-12-16-5-3-15(11-18)4-6-16/h3-6,17,19H,1,7-10,12-13H2,2H3. The second kappa shape index (κ2) is 7.23. The molecule has 106 valence electrons. The zero-order valence-corrected chi connectivity index (χ0v) is 12.2. The van der Waals surface area contributed by atoms with Gasteiger partial charge in [-0.1, -0.05) is 24.3 Å². The minimum absolute atomic E-state index is 0.604. The molecule has 2 rings (SSSR count). The van der Waals surface area contributed by atoms with E-state index in [1.165, 1.54) is 24.0 Å². The molecule has 1 aromatic carbocycles. The van der Waals surface area contributed by atoms with Gasteiger partial charge in [-0.2, -0.15) is 5.26 Å². The van der Waals surface area contributed by atoms with E-state index >= 15 is 0 Å². The van der Waals surface area contributed by atoms with Crippen LogP contribution in [0.5, 0.6) is 0 Å². The third kappa shape index (κ3) is 4.48. The number of benzene rings is 1. The lowest BCUT2D eigenvalue weighted by atomic mass is 10.0. The summed E-state index contributed by atoms with van der Waals surface area (Å²) < 4.78 is 0. The van der Waals surface area contributed by atoms with Crippen molar-refractivity contribution in [2.75, 3.05) is 19.6 Å². The highest BCUT2D eigenvalue weighted by Gasteiger charge is 2.18. The molecular formula is C17H23N3. The van der Waals surface area contributed by atoms with Gasteiger partial charge in [0, 0.05) is 19.1 Å². The van der Waals surface area contributed by atoms with Crippen LogP contribution in [0.1, 0.15) is 30.9 Å². The van der Waals surface area contributed by atoms with Crippen LogP contribution in [0, 0.1) is 11.3 Å². The van der Waals surface area contributed by atoms with Gasteiger partial charge in [-0.3, -0.25) is 4.90 Å². The van der Waals surface area contributed by atoms with Crippen LogP contribution in [0.2, 0.25) is 0 Å². The van der Waals surface area contributed by atoms with E-state index in [-0.39, 0.29) is 0 Å². The van der Waals surface area contributed by atoms with Gasteiger partial charge in [-0.15, -0.1) is 0 Å². The Morgan fingerprint density at radius 2 is 2.00 bits per heavy atom. The van der Waals surface area contributed by atoms with E-state index in [4.69, 9.17) is 5.26 Å². The van der Waals surface area contributed by atoms with Crippen LogP contribution in [0.3, 0.4) is 0 Å². The average molecular weight is 269 g/mol. The van der Waals surface area contributed by atoms with E-state index in [1.807, 2.05) is 24.3 Å². The van der Waals surface area contributed by atoms with Crippen LogP contribution >= 0.6 is 0 Å². The lowest BCUT2D eigenvalue weighted by Crippen LogP contribution is -2.42. The Morgan fingerprint density at radius 1 is 1.35 bits per heavy atom. The van der Waals surface area contributed by atoms with Gasteiger partial charge in [0.15, 0.2) is 0 Å². The molecule has 1 aliphatic heterocycles. The van der Waals surface area contributed by atoms with Gasteiger partial charge >= 0.3 is 0 Å². The smallest absolute Gasteiger partial charge is 0.0991 e. The second-order valence-electron chi connectivity index (χ2n) is 5.70. The number of nitrogens with zero attached hydrogens (tertiary/aromatic N) is 2. The van der Waals surface area contributed by atoms with Gasteiger partial charge in [0.25, 0.3) is 0 Å². The van der Waals surface area contributed by atoms with Gasteiger partial charge in [-0.25, -0.2) is 0 Å². The van der Waals surface area contributed by atoms with E-state index in [0.717, 1.165) is 31.7 Å². The van der Waals surface area contributed by atoms with Gasteiger partial charge in [0.05, 0.1) is 11.6 Å². The number of nitriles is 1. The van der Waals surface area contributed by atoms with Crippen LogP contribution in [0.15, 0.2) is 36.4 Å². The summed E-state index contributed by atoms with van der Waals surface area (Å²) in [6.07, 6.45) is 2.40. The minimum atomic E-state index is 0.604. The maximum atomic E-state index is 8.77. The lowest BCUT2D eigenvalue weighted by molar-refractivity contribution is 0.211. The summed E-state index contributed by atoms with van der Waals surface area (Å²) in [5.41, 5.74) is 3.21. The Kier molecular flexibility index (Phi) is 5.34. The molecule has 1 saturated heterocycles.